The normalized spacial score (nSPS) is 13.4. The molecule has 0 bridgehead atoms. The molecule has 0 radical (unpaired) electrons. The molecule has 0 saturated carbocycles. The summed E-state index contributed by atoms with van der Waals surface area (Å²) in [7, 11) is -1.23. The van der Waals surface area contributed by atoms with Gasteiger partial charge in [0.05, 0.1) is 0 Å². The number of amides is 1. The van der Waals surface area contributed by atoms with Gasteiger partial charge in [0.1, 0.15) is 5.25 Å². The van der Waals surface area contributed by atoms with Gasteiger partial charge in [-0.05, 0) is 30.5 Å². The van der Waals surface area contributed by atoms with Crippen molar-refractivity contribution >= 4 is 16.7 Å². The highest BCUT2D eigenvalue weighted by Gasteiger charge is 2.20. The number of rotatable bonds is 6. The van der Waals surface area contributed by atoms with Gasteiger partial charge in [-0.2, -0.15) is 0 Å². The maximum Gasteiger partial charge on any atom is 0.235 e. The maximum absolute atomic E-state index is 12.4. The summed E-state index contributed by atoms with van der Waals surface area (Å²) in [5, 5.41) is 2.32. The standard InChI is InChI=1S/C18H21NO2S/c1-14-8-6-7-11-17(14)13-22(21)15(2)18(20)19-12-16-9-4-3-5-10-16/h3-11,15H,12-13H2,1-2H3,(H,19,20)/t15-,22+/m1/s1. The lowest BCUT2D eigenvalue weighted by Gasteiger charge is -2.13. The molecule has 0 heterocycles. The Morgan fingerprint density at radius 3 is 2.41 bits per heavy atom. The van der Waals surface area contributed by atoms with Gasteiger partial charge in [0.2, 0.25) is 5.91 Å². The first-order valence-electron chi connectivity index (χ1n) is 7.31. The summed E-state index contributed by atoms with van der Waals surface area (Å²) in [5.74, 6) is 0.239. The lowest BCUT2D eigenvalue weighted by atomic mass is 10.1. The van der Waals surface area contributed by atoms with Crippen LogP contribution in [0, 0.1) is 6.92 Å². The van der Waals surface area contributed by atoms with Crippen molar-refractivity contribution in [3.05, 3.63) is 71.3 Å². The van der Waals surface area contributed by atoms with Crippen LogP contribution in [-0.4, -0.2) is 15.4 Å². The van der Waals surface area contributed by atoms with Crippen LogP contribution in [0.1, 0.15) is 23.6 Å². The third-order valence-electron chi connectivity index (χ3n) is 3.63. The number of carbonyl (C=O) groups is 1. The van der Waals surface area contributed by atoms with Crippen molar-refractivity contribution in [1.29, 1.82) is 0 Å². The van der Waals surface area contributed by atoms with Crippen molar-refractivity contribution in [2.75, 3.05) is 0 Å². The number of nitrogens with one attached hydrogen (secondary N) is 1. The van der Waals surface area contributed by atoms with Gasteiger partial charge in [-0.15, -0.1) is 0 Å². The third-order valence-corrected chi connectivity index (χ3v) is 5.23. The van der Waals surface area contributed by atoms with E-state index in [4.69, 9.17) is 0 Å². The Bertz CT molecular complexity index is 655. The van der Waals surface area contributed by atoms with E-state index < -0.39 is 16.0 Å². The van der Waals surface area contributed by atoms with E-state index in [1.165, 1.54) is 0 Å². The van der Waals surface area contributed by atoms with Gasteiger partial charge in [-0.3, -0.25) is 9.00 Å². The molecule has 0 aliphatic heterocycles. The number of benzene rings is 2. The van der Waals surface area contributed by atoms with Gasteiger partial charge < -0.3 is 5.32 Å². The first kappa shape index (κ1) is 16.4. The zero-order valence-corrected chi connectivity index (χ0v) is 13.7. The van der Waals surface area contributed by atoms with Crippen molar-refractivity contribution < 1.29 is 9.00 Å². The van der Waals surface area contributed by atoms with Crippen LogP contribution in [0.4, 0.5) is 0 Å². The molecule has 0 unspecified atom stereocenters. The molecule has 2 aromatic rings. The van der Waals surface area contributed by atoms with E-state index in [1.807, 2.05) is 61.5 Å². The minimum Gasteiger partial charge on any atom is -0.351 e. The summed E-state index contributed by atoms with van der Waals surface area (Å²) in [4.78, 5) is 12.1. The predicted octanol–water partition coefficient (Wildman–Crippen LogP) is 2.95. The zero-order valence-electron chi connectivity index (χ0n) is 12.9. The van der Waals surface area contributed by atoms with Crippen molar-refractivity contribution in [2.45, 2.75) is 31.4 Å². The highest BCUT2D eigenvalue weighted by Crippen LogP contribution is 2.12. The van der Waals surface area contributed by atoms with Gasteiger partial charge in [0.25, 0.3) is 0 Å². The van der Waals surface area contributed by atoms with Gasteiger partial charge >= 0.3 is 0 Å². The SMILES string of the molecule is Cc1ccccc1C[S@](=O)[C@H](C)C(=O)NCc1ccccc1. The number of aryl methyl sites for hydroxylation is 1. The molecule has 1 amide bonds. The van der Waals surface area contributed by atoms with Crippen molar-refractivity contribution in [1.82, 2.24) is 5.32 Å². The molecule has 116 valence electrons. The van der Waals surface area contributed by atoms with E-state index >= 15 is 0 Å². The van der Waals surface area contributed by atoms with E-state index in [0.29, 0.717) is 12.3 Å². The molecule has 0 spiro atoms. The van der Waals surface area contributed by atoms with Crippen molar-refractivity contribution in [3.8, 4) is 0 Å². The second-order valence-electron chi connectivity index (χ2n) is 5.30. The molecule has 0 aliphatic carbocycles. The largest absolute Gasteiger partial charge is 0.351 e. The molecule has 1 N–H and O–H groups in total. The quantitative estimate of drug-likeness (QED) is 0.891. The third kappa shape index (κ3) is 4.53. The molecule has 0 aliphatic rings. The van der Waals surface area contributed by atoms with Gasteiger partial charge in [-0.25, -0.2) is 0 Å². The molecule has 4 heteroatoms. The van der Waals surface area contributed by atoms with Crippen LogP contribution < -0.4 is 5.32 Å². The fraction of sp³-hybridized carbons (Fsp3) is 0.278. The van der Waals surface area contributed by atoms with Crippen LogP contribution in [0.3, 0.4) is 0 Å². The molecule has 2 atom stereocenters. The Hall–Kier alpha value is -1.94. The zero-order chi connectivity index (χ0) is 15.9. The molecule has 22 heavy (non-hydrogen) atoms. The summed E-state index contributed by atoms with van der Waals surface area (Å²) < 4.78 is 12.4. The summed E-state index contributed by atoms with van der Waals surface area (Å²) in [6, 6.07) is 17.5. The second kappa shape index (κ2) is 7.90. The average Bonchev–Trinajstić information content (AvgIpc) is 2.55. The maximum atomic E-state index is 12.4. The van der Waals surface area contributed by atoms with Crippen LogP contribution >= 0.6 is 0 Å². The number of hydrogen-bond acceptors (Lipinski definition) is 2. The van der Waals surface area contributed by atoms with Crippen LogP contribution in [0.5, 0.6) is 0 Å². The minimum absolute atomic E-state index is 0.171. The predicted molar refractivity (Wildman–Crippen MR) is 90.8 cm³/mol. The smallest absolute Gasteiger partial charge is 0.235 e. The number of carbonyl (C=O) groups excluding carboxylic acids is 1. The molecule has 0 saturated heterocycles. The molecular formula is C18H21NO2S. The Morgan fingerprint density at radius 1 is 1.09 bits per heavy atom. The molecule has 0 aromatic heterocycles. The Kier molecular flexibility index (Phi) is 5.90. The number of hydrogen-bond donors (Lipinski definition) is 1. The highest BCUT2D eigenvalue weighted by atomic mass is 32.2. The molecule has 3 nitrogen and oxygen atoms in total. The van der Waals surface area contributed by atoms with Crippen LogP contribution in [-0.2, 0) is 27.9 Å². The van der Waals surface area contributed by atoms with E-state index in [2.05, 4.69) is 5.32 Å². The highest BCUT2D eigenvalue weighted by molar-refractivity contribution is 7.85. The Labute approximate surface area is 134 Å². The van der Waals surface area contributed by atoms with Crippen LogP contribution in [0.2, 0.25) is 0 Å². The fourth-order valence-electron chi connectivity index (χ4n) is 2.10. The minimum atomic E-state index is -1.23. The van der Waals surface area contributed by atoms with E-state index in [1.54, 1.807) is 6.92 Å². The first-order chi connectivity index (χ1) is 10.6. The summed E-state index contributed by atoms with van der Waals surface area (Å²) in [6.07, 6.45) is 0. The van der Waals surface area contributed by atoms with Gasteiger partial charge in [0.15, 0.2) is 0 Å². The molecule has 2 rings (SSSR count). The fourth-order valence-corrected chi connectivity index (χ4v) is 3.30. The average molecular weight is 315 g/mol. The summed E-state index contributed by atoms with van der Waals surface area (Å²) in [5.41, 5.74) is 3.17. The van der Waals surface area contributed by atoms with Crippen LogP contribution in [0.25, 0.3) is 0 Å². The second-order valence-corrected chi connectivity index (χ2v) is 7.05. The molecule has 0 fully saturated rings. The topological polar surface area (TPSA) is 46.2 Å². The van der Waals surface area contributed by atoms with Gasteiger partial charge in [-0.1, -0.05) is 54.6 Å². The van der Waals surface area contributed by atoms with Crippen LogP contribution in [0.15, 0.2) is 54.6 Å². The van der Waals surface area contributed by atoms with Gasteiger partial charge in [0, 0.05) is 23.1 Å². The monoisotopic (exact) mass is 315 g/mol. The molecule has 2 aromatic carbocycles. The Morgan fingerprint density at radius 2 is 1.73 bits per heavy atom. The van der Waals surface area contributed by atoms with E-state index in [9.17, 15) is 9.00 Å². The Balaban J connectivity index is 1.90. The van der Waals surface area contributed by atoms with Crippen molar-refractivity contribution in [2.24, 2.45) is 0 Å². The summed E-state index contributed by atoms with van der Waals surface area (Å²) >= 11 is 0. The first-order valence-corrected chi connectivity index (χ1v) is 8.69. The van der Waals surface area contributed by atoms with E-state index in [0.717, 1.165) is 16.7 Å². The molecular weight excluding hydrogens is 294 g/mol. The lowest BCUT2D eigenvalue weighted by Crippen LogP contribution is -2.35. The summed E-state index contributed by atoms with van der Waals surface area (Å²) in [6.45, 7) is 4.17. The van der Waals surface area contributed by atoms with E-state index in [-0.39, 0.29) is 5.91 Å². The lowest BCUT2D eigenvalue weighted by molar-refractivity contribution is -0.120. The van der Waals surface area contributed by atoms with Crippen molar-refractivity contribution in [3.63, 3.8) is 0 Å².